The molecule has 1 aliphatic heterocycles. The molecule has 37 heavy (non-hydrogen) atoms. The molecule has 0 bridgehead atoms. The number of nitrogens with zero attached hydrogens (tertiary/aromatic N) is 2. The van der Waals surface area contributed by atoms with Gasteiger partial charge in [0.2, 0.25) is 0 Å². The summed E-state index contributed by atoms with van der Waals surface area (Å²) in [4.78, 5) is 9.58. The van der Waals surface area contributed by atoms with Gasteiger partial charge in [0.25, 0.3) is 0 Å². The van der Waals surface area contributed by atoms with Crippen molar-refractivity contribution in [3.63, 3.8) is 0 Å². The third kappa shape index (κ3) is 2.90. The van der Waals surface area contributed by atoms with Crippen LogP contribution in [0, 0.1) is 0 Å². The van der Waals surface area contributed by atoms with Crippen LogP contribution in [-0.2, 0) is 5.41 Å². The number of ether oxygens (including phenoxy) is 2. The Morgan fingerprint density at radius 2 is 1.35 bits per heavy atom. The highest BCUT2D eigenvalue weighted by molar-refractivity contribution is 6.03. The zero-order valence-corrected chi connectivity index (χ0v) is 20.4. The number of benzene rings is 4. The second-order valence-corrected chi connectivity index (χ2v) is 10.3. The van der Waals surface area contributed by atoms with E-state index in [0.717, 1.165) is 44.6 Å². The van der Waals surface area contributed by atoms with Gasteiger partial charge in [0.1, 0.15) is 0 Å². The number of rotatable bonds is 1. The van der Waals surface area contributed by atoms with Gasteiger partial charge in [0, 0.05) is 27.9 Å². The summed E-state index contributed by atoms with van der Waals surface area (Å²) >= 11 is 0. The fourth-order valence-electron chi connectivity index (χ4n) is 5.82. The van der Waals surface area contributed by atoms with E-state index in [1.165, 1.54) is 22.3 Å². The van der Waals surface area contributed by atoms with E-state index in [0.29, 0.717) is 11.5 Å². The lowest BCUT2D eigenvalue weighted by molar-refractivity contribution is 0.359. The van der Waals surface area contributed by atoms with E-state index in [1.54, 1.807) is 0 Å². The minimum atomic E-state index is -0.0881. The molecule has 0 unspecified atom stereocenters. The Morgan fingerprint density at radius 3 is 2.27 bits per heavy atom. The van der Waals surface area contributed by atoms with E-state index in [2.05, 4.69) is 79.5 Å². The largest absolute Gasteiger partial charge is 0.450 e. The highest BCUT2D eigenvalue weighted by Gasteiger charge is 2.37. The average Bonchev–Trinajstić information content (AvgIpc) is 3.16. The van der Waals surface area contributed by atoms with Gasteiger partial charge < -0.3 is 9.47 Å². The van der Waals surface area contributed by atoms with Gasteiger partial charge in [-0.1, -0.05) is 62.4 Å². The molecule has 2 aliphatic rings. The Bertz CT molecular complexity index is 1920. The van der Waals surface area contributed by atoms with Crippen LogP contribution in [0.15, 0.2) is 97.2 Å². The average molecular weight is 479 g/mol. The molecule has 4 heteroatoms. The number of aromatic nitrogens is 2. The molecule has 0 saturated carbocycles. The highest BCUT2D eigenvalue weighted by Crippen LogP contribution is 2.55. The molecule has 0 saturated heterocycles. The molecule has 176 valence electrons. The van der Waals surface area contributed by atoms with Crippen LogP contribution in [0.1, 0.15) is 25.0 Å². The van der Waals surface area contributed by atoms with Crippen molar-refractivity contribution >= 4 is 21.8 Å². The minimum absolute atomic E-state index is 0.0881. The molecule has 0 spiro atoms. The van der Waals surface area contributed by atoms with Crippen molar-refractivity contribution in [1.82, 2.24) is 9.97 Å². The summed E-state index contributed by atoms with van der Waals surface area (Å²) in [5.74, 6) is 2.88. The van der Waals surface area contributed by atoms with Crippen LogP contribution >= 0.6 is 0 Å². The van der Waals surface area contributed by atoms with Crippen LogP contribution in [0.4, 0.5) is 0 Å². The maximum absolute atomic E-state index is 6.44. The van der Waals surface area contributed by atoms with Crippen LogP contribution in [0.25, 0.3) is 44.2 Å². The summed E-state index contributed by atoms with van der Waals surface area (Å²) in [6, 6.07) is 31.2. The quantitative estimate of drug-likeness (QED) is 0.221. The second kappa shape index (κ2) is 7.17. The highest BCUT2D eigenvalue weighted by atomic mass is 16.6. The summed E-state index contributed by atoms with van der Waals surface area (Å²) in [6.45, 7) is 4.53. The second-order valence-electron chi connectivity index (χ2n) is 10.3. The molecule has 0 atom stereocenters. The monoisotopic (exact) mass is 478 g/mol. The van der Waals surface area contributed by atoms with E-state index >= 15 is 0 Å². The van der Waals surface area contributed by atoms with Crippen LogP contribution < -0.4 is 9.47 Å². The molecule has 2 aromatic heterocycles. The Labute approximate surface area is 214 Å². The van der Waals surface area contributed by atoms with Gasteiger partial charge in [-0.2, -0.15) is 0 Å². The molecule has 3 heterocycles. The lowest BCUT2D eigenvalue weighted by atomic mass is 9.82. The first-order chi connectivity index (χ1) is 18.1. The van der Waals surface area contributed by atoms with Crippen molar-refractivity contribution in [2.75, 3.05) is 0 Å². The van der Waals surface area contributed by atoms with Crippen LogP contribution in [0.5, 0.6) is 23.0 Å². The van der Waals surface area contributed by atoms with E-state index in [1.807, 2.05) is 36.5 Å². The molecule has 1 aliphatic carbocycles. The van der Waals surface area contributed by atoms with Crippen molar-refractivity contribution in [3.05, 3.63) is 108 Å². The van der Waals surface area contributed by atoms with Crippen molar-refractivity contribution in [2.45, 2.75) is 19.3 Å². The normalized spacial score (nSPS) is 14.3. The molecular formula is C33H22N2O2. The van der Waals surface area contributed by atoms with Gasteiger partial charge in [-0.15, -0.1) is 0 Å². The summed E-state index contributed by atoms with van der Waals surface area (Å²) in [6.07, 6.45) is 1.81. The number of fused-ring (bicyclic) bond motifs is 8. The van der Waals surface area contributed by atoms with Crippen LogP contribution in [0.2, 0.25) is 0 Å². The van der Waals surface area contributed by atoms with Gasteiger partial charge in [-0.05, 0) is 64.7 Å². The molecule has 4 nitrogen and oxygen atoms in total. The predicted molar refractivity (Wildman–Crippen MR) is 147 cm³/mol. The minimum Gasteiger partial charge on any atom is -0.450 e. The van der Waals surface area contributed by atoms with Gasteiger partial charge >= 0.3 is 0 Å². The van der Waals surface area contributed by atoms with E-state index in [4.69, 9.17) is 14.5 Å². The number of pyridine rings is 2. The molecule has 0 fully saturated rings. The topological polar surface area (TPSA) is 44.2 Å². The zero-order chi connectivity index (χ0) is 24.7. The van der Waals surface area contributed by atoms with E-state index in [-0.39, 0.29) is 5.41 Å². The fraction of sp³-hybridized carbons (Fsp3) is 0.0909. The summed E-state index contributed by atoms with van der Waals surface area (Å²) in [5, 5.41) is 2.15. The van der Waals surface area contributed by atoms with Crippen molar-refractivity contribution in [3.8, 4) is 45.4 Å². The SMILES string of the molecule is CC1(C)c2ccccc2-c2cc3c(cc21)Oc1ccc(-c2ccc4ccc5cccnc5c4n2)cc1O3. The molecule has 8 rings (SSSR count). The smallest absolute Gasteiger partial charge is 0.170 e. The third-order valence-corrected chi connectivity index (χ3v) is 7.76. The Hall–Kier alpha value is -4.70. The van der Waals surface area contributed by atoms with Gasteiger partial charge in [0.05, 0.1) is 16.7 Å². The van der Waals surface area contributed by atoms with Gasteiger partial charge in [0.15, 0.2) is 23.0 Å². The lowest BCUT2D eigenvalue weighted by Gasteiger charge is -2.25. The maximum atomic E-state index is 6.44. The molecule has 0 radical (unpaired) electrons. The van der Waals surface area contributed by atoms with E-state index in [9.17, 15) is 0 Å². The van der Waals surface area contributed by atoms with Gasteiger partial charge in [-0.3, -0.25) is 4.98 Å². The molecule has 6 aromatic rings. The Kier molecular flexibility index (Phi) is 3.97. The van der Waals surface area contributed by atoms with Crippen molar-refractivity contribution in [1.29, 1.82) is 0 Å². The zero-order valence-electron chi connectivity index (χ0n) is 20.4. The summed E-state index contributed by atoms with van der Waals surface area (Å²) in [5.41, 5.74) is 8.61. The molecule has 0 amide bonds. The van der Waals surface area contributed by atoms with Gasteiger partial charge in [-0.25, -0.2) is 4.98 Å². The molecule has 4 aromatic carbocycles. The number of hydrogen-bond donors (Lipinski definition) is 0. The maximum Gasteiger partial charge on any atom is 0.170 e. The first kappa shape index (κ1) is 20.5. The number of hydrogen-bond acceptors (Lipinski definition) is 4. The van der Waals surface area contributed by atoms with Crippen LogP contribution in [0.3, 0.4) is 0 Å². The van der Waals surface area contributed by atoms with Crippen LogP contribution in [-0.4, -0.2) is 9.97 Å². The van der Waals surface area contributed by atoms with E-state index < -0.39 is 0 Å². The first-order valence-corrected chi connectivity index (χ1v) is 12.5. The summed E-state index contributed by atoms with van der Waals surface area (Å²) < 4.78 is 12.8. The Balaban J connectivity index is 1.22. The predicted octanol–water partition coefficient (Wildman–Crippen LogP) is 8.65. The Morgan fingerprint density at radius 1 is 0.595 bits per heavy atom. The fourth-order valence-corrected chi connectivity index (χ4v) is 5.82. The molecular weight excluding hydrogens is 456 g/mol. The lowest BCUT2D eigenvalue weighted by Crippen LogP contribution is -2.15. The summed E-state index contributed by atoms with van der Waals surface area (Å²) in [7, 11) is 0. The molecule has 0 N–H and O–H groups in total. The van der Waals surface area contributed by atoms with Crippen molar-refractivity contribution < 1.29 is 9.47 Å². The first-order valence-electron chi connectivity index (χ1n) is 12.5. The third-order valence-electron chi connectivity index (χ3n) is 7.76. The standard InChI is InChI=1S/C33H22N2O2/c1-33(2)24-8-4-3-7-22(24)23-17-29-30(18-25(23)33)36-27-14-12-21(16-28(27)37-29)26-13-11-20-10-9-19-6-5-15-34-31(19)32(20)35-26/h3-18H,1-2H3. The van der Waals surface area contributed by atoms with Crippen molar-refractivity contribution in [2.24, 2.45) is 0 Å².